The second kappa shape index (κ2) is 7.17. The van der Waals surface area contributed by atoms with Crippen LogP contribution in [-0.4, -0.2) is 46.9 Å². The fraction of sp³-hybridized carbons (Fsp3) is 0.571. The molecule has 2 aromatic rings. The van der Waals surface area contributed by atoms with Gasteiger partial charge in [0.15, 0.2) is 11.5 Å². The van der Waals surface area contributed by atoms with E-state index in [-0.39, 0.29) is 11.8 Å². The molecule has 1 saturated carbocycles. The van der Waals surface area contributed by atoms with Gasteiger partial charge in [-0.2, -0.15) is 0 Å². The minimum atomic E-state index is -0.828. The Morgan fingerprint density at radius 1 is 1.19 bits per heavy atom. The van der Waals surface area contributed by atoms with E-state index in [2.05, 4.69) is 16.0 Å². The largest absolute Gasteiger partial charge is 0.493 e. The molecule has 0 radical (unpaired) electrons. The topological polar surface area (TPSA) is 59.8 Å². The molecule has 6 heteroatoms. The van der Waals surface area contributed by atoms with Crippen molar-refractivity contribution in [3.05, 3.63) is 42.0 Å². The van der Waals surface area contributed by atoms with Crippen LogP contribution in [0.2, 0.25) is 0 Å². The first-order valence-electron chi connectivity index (χ1n) is 9.70. The fourth-order valence-corrected chi connectivity index (χ4v) is 5.11. The summed E-state index contributed by atoms with van der Waals surface area (Å²) in [6, 6.07) is 6.02. The molecule has 27 heavy (non-hydrogen) atoms. The molecule has 2 aliphatic rings. The Balaban J connectivity index is 1.59. The van der Waals surface area contributed by atoms with Gasteiger partial charge in [-0.05, 0) is 18.9 Å². The molecule has 1 aliphatic heterocycles. The predicted octanol–water partition coefficient (Wildman–Crippen LogP) is 2.56. The van der Waals surface area contributed by atoms with Gasteiger partial charge in [-0.25, -0.2) is 4.98 Å². The second-order valence-electron chi connectivity index (χ2n) is 7.86. The summed E-state index contributed by atoms with van der Waals surface area (Å²) in [7, 11) is 5.33. The van der Waals surface area contributed by atoms with E-state index in [9.17, 15) is 5.11 Å². The van der Waals surface area contributed by atoms with Crippen LogP contribution in [0.3, 0.4) is 0 Å². The summed E-state index contributed by atoms with van der Waals surface area (Å²) in [4.78, 5) is 6.96. The van der Waals surface area contributed by atoms with Crippen LogP contribution in [0.15, 0.2) is 30.6 Å². The third-order valence-corrected chi connectivity index (χ3v) is 6.36. The van der Waals surface area contributed by atoms with Gasteiger partial charge in [0.25, 0.3) is 0 Å². The van der Waals surface area contributed by atoms with Crippen LogP contribution in [0.1, 0.15) is 30.7 Å². The highest BCUT2D eigenvalue weighted by molar-refractivity contribution is 5.46. The molecule has 2 unspecified atom stereocenters. The molecule has 1 aromatic carbocycles. The maximum absolute atomic E-state index is 11.7. The van der Waals surface area contributed by atoms with E-state index in [0.29, 0.717) is 0 Å². The number of ether oxygens (including phenoxy) is 2. The molecular weight excluding hydrogens is 342 g/mol. The van der Waals surface area contributed by atoms with E-state index in [4.69, 9.17) is 9.47 Å². The molecule has 2 fully saturated rings. The Morgan fingerprint density at radius 2 is 1.93 bits per heavy atom. The lowest BCUT2D eigenvalue weighted by molar-refractivity contribution is -0.155. The molecule has 1 aromatic heterocycles. The Bertz CT molecular complexity index is 790. The standard InChI is InChI=1S/C21H29N3O3/c1-23-11-10-22-20(23)21(25)16-7-5-8-17(21)14-24(13-16)12-15-6-4-9-18(26-2)19(15)27-3/h4,6,9-11,16-17,25H,5,7-8,12-14H2,1-3H3. The van der Waals surface area contributed by atoms with Crippen LogP contribution in [0, 0.1) is 11.8 Å². The molecule has 1 saturated heterocycles. The summed E-state index contributed by atoms with van der Waals surface area (Å²) in [6.45, 7) is 2.52. The number of hydrogen-bond acceptors (Lipinski definition) is 5. The second-order valence-corrected chi connectivity index (χ2v) is 7.86. The Kier molecular flexibility index (Phi) is 4.86. The van der Waals surface area contributed by atoms with Crippen molar-refractivity contribution in [2.75, 3.05) is 27.3 Å². The summed E-state index contributed by atoms with van der Waals surface area (Å²) in [5, 5.41) is 11.7. The monoisotopic (exact) mass is 371 g/mol. The average molecular weight is 371 g/mol. The van der Waals surface area contributed by atoms with Crippen molar-refractivity contribution < 1.29 is 14.6 Å². The lowest BCUT2D eigenvalue weighted by Gasteiger charge is -2.52. The normalized spacial score (nSPS) is 28.1. The number of hydrogen-bond donors (Lipinski definition) is 1. The van der Waals surface area contributed by atoms with Crippen LogP contribution in [-0.2, 0) is 19.2 Å². The Morgan fingerprint density at radius 3 is 2.52 bits per heavy atom. The van der Waals surface area contributed by atoms with E-state index in [0.717, 1.165) is 55.4 Å². The maximum Gasteiger partial charge on any atom is 0.165 e. The van der Waals surface area contributed by atoms with E-state index >= 15 is 0 Å². The first-order valence-corrected chi connectivity index (χ1v) is 9.70. The lowest BCUT2D eigenvalue weighted by atomic mass is 9.65. The van der Waals surface area contributed by atoms with Gasteiger partial charge in [-0.15, -0.1) is 0 Å². The summed E-state index contributed by atoms with van der Waals surface area (Å²) in [6.07, 6.45) is 6.96. The van der Waals surface area contributed by atoms with Crippen molar-refractivity contribution in [3.8, 4) is 11.5 Å². The van der Waals surface area contributed by atoms with Crippen LogP contribution in [0.4, 0.5) is 0 Å². The van der Waals surface area contributed by atoms with E-state index in [1.54, 1.807) is 20.4 Å². The number of piperidine rings is 1. The molecule has 0 spiro atoms. The molecular formula is C21H29N3O3. The molecule has 4 rings (SSSR count). The number of aromatic nitrogens is 2. The Hall–Kier alpha value is -2.05. The van der Waals surface area contributed by atoms with Crippen LogP contribution >= 0.6 is 0 Å². The van der Waals surface area contributed by atoms with Gasteiger partial charge >= 0.3 is 0 Å². The third kappa shape index (κ3) is 3.01. The van der Waals surface area contributed by atoms with Crippen molar-refractivity contribution in [2.45, 2.75) is 31.4 Å². The molecule has 6 nitrogen and oxygen atoms in total. The number of imidazole rings is 1. The van der Waals surface area contributed by atoms with Gasteiger partial charge in [0, 0.05) is 56.5 Å². The SMILES string of the molecule is COc1cccc(CN2CC3CCCC(C2)C3(O)c2nccn2C)c1OC. The molecule has 0 amide bonds. The Labute approximate surface area is 160 Å². The molecule has 2 bridgehead atoms. The zero-order chi connectivity index (χ0) is 19.0. The van der Waals surface area contributed by atoms with Crippen molar-refractivity contribution in [1.82, 2.24) is 14.5 Å². The zero-order valence-corrected chi connectivity index (χ0v) is 16.4. The number of aryl methyl sites for hydroxylation is 1. The number of likely N-dealkylation sites (tertiary alicyclic amines) is 1. The highest BCUT2D eigenvalue weighted by Crippen LogP contribution is 2.49. The van der Waals surface area contributed by atoms with Gasteiger partial charge < -0.3 is 19.1 Å². The number of benzene rings is 1. The van der Waals surface area contributed by atoms with E-state index < -0.39 is 5.60 Å². The minimum Gasteiger partial charge on any atom is -0.493 e. The van der Waals surface area contributed by atoms with Crippen LogP contribution in [0.25, 0.3) is 0 Å². The summed E-state index contributed by atoms with van der Waals surface area (Å²) in [5.74, 6) is 2.77. The van der Waals surface area contributed by atoms with E-state index in [1.807, 2.05) is 29.9 Å². The number of rotatable bonds is 5. The summed E-state index contributed by atoms with van der Waals surface area (Å²) < 4.78 is 13.0. The first-order chi connectivity index (χ1) is 13.1. The highest BCUT2D eigenvalue weighted by Gasteiger charge is 2.53. The summed E-state index contributed by atoms with van der Waals surface area (Å²) in [5.41, 5.74) is 0.295. The average Bonchev–Trinajstić information content (AvgIpc) is 3.09. The molecule has 146 valence electrons. The van der Waals surface area contributed by atoms with Crippen molar-refractivity contribution in [1.29, 1.82) is 0 Å². The van der Waals surface area contributed by atoms with Gasteiger partial charge in [0.2, 0.25) is 0 Å². The van der Waals surface area contributed by atoms with Gasteiger partial charge in [-0.1, -0.05) is 18.6 Å². The van der Waals surface area contributed by atoms with E-state index in [1.165, 1.54) is 6.42 Å². The van der Waals surface area contributed by atoms with Crippen LogP contribution < -0.4 is 9.47 Å². The quantitative estimate of drug-likeness (QED) is 0.875. The number of aliphatic hydroxyl groups is 1. The smallest absolute Gasteiger partial charge is 0.165 e. The predicted molar refractivity (Wildman–Crippen MR) is 103 cm³/mol. The van der Waals surface area contributed by atoms with Crippen molar-refractivity contribution in [2.24, 2.45) is 18.9 Å². The van der Waals surface area contributed by atoms with Gasteiger partial charge in [0.05, 0.1) is 14.2 Å². The lowest BCUT2D eigenvalue weighted by Crippen LogP contribution is -2.58. The number of fused-ring (bicyclic) bond motifs is 2. The van der Waals surface area contributed by atoms with Crippen LogP contribution in [0.5, 0.6) is 11.5 Å². The maximum atomic E-state index is 11.7. The number of nitrogens with zero attached hydrogens (tertiary/aromatic N) is 3. The number of methoxy groups -OCH3 is 2. The van der Waals surface area contributed by atoms with Crippen molar-refractivity contribution in [3.63, 3.8) is 0 Å². The molecule has 2 heterocycles. The van der Waals surface area contributed by atoms with Gasteiger partial charge in [-0.3, -0.25) is 4.90 Å². The summed E-state index contributed by atoms with van der Waals surface area (Å²) >= 11 is 0. The first kappa shape index (κ1) is 18.3. The fourth-order valence-electron chi connectivity index (χ4n) is 5.11. The number of para-hydroxylation sites is 1. The zero-order valence-electron chi connectivity index (χ0n) is 16.4. The van der Waals surface area contributed by atoms with Crippen molar-refractivity contribution >= 4 is 0 Å². The molecule has 1 N–H and O–H groups in total. The third-order valence-electron chi connectivity index (χ3n) is 6.36. The minimum absolute atomic E-state index is 0.197. The highest BCUT2D eigenvalue weighted by atomic mass is 16.5. The molecule has 1 aliphatic carbocycles. The molecule has 2 atom stereocenters. The van der Waals surface area contributed by atoms with Gasteiger partial charge in [0.1, 0.15) is 11.4 Å².